The van der Waals surface area contributed by atoms with Crippen molar-refractivity contribution in [1.82, 2.24) is 4.90 Å². The minimum Gasteiger partial charge on any atom is -0.320 e. The Morgan fingerprint density at radius 2 is 1.93 bits per heavy atom. The first-order valence-corrected chi connectivity index (χ1v) is 9.04. The molecule has 138 valence electrons. The van der Waals surface area contributed by atoms with Gasteiger partial charge in [-0.1, -0.05) is 29.8 Å². The number of nitrogens with zero attached hydrogens (tertiary/aromatic N) is 5. The maximum Gasteiger partial charge on any atom is 0.154 e. The van der Waals surface area contributed by atoms with E-state index in [2.05, 4.69) is 10.2 Å². The molecule has 5 nitrogen and oxygen atoms in total. The average molecular weight is 384 g/mol. The summed E-state index contributed by atoms with van der Waals surface area (Å²) in [4.78, 5) is 8.79. The van der Waals surface area contributed by atoms with Gasteiger partial charge in [0.15, 0.2) is 5.84 Å². The van der Waals surface area contributed by atoms with Crippen molar-refractivity contribution in [1.29, 1.82) is 0 Å². The number of fused-ring (bicyclic) bond motifs is 3. The maximum atomic E-state index is 14.1. The van der Waals surface area contributed by atoms with Gasteiger partial charge in [-0.15, -0.1) is 5.10 Å². The fourth-order valence-electron chi connectivity index (χ4n) is 3.32. The monoisotopic (exact) mass is 383 g/mol. The molecule has 2 aliphatic heterocycles. The number of hydrogen-bond acceptors (Lipinski definition) is 5. The molecule has 2 aromatic rings. The number of anilines is 1. The number of aliphatic imine (C=N–C) groups is 1. The summed E-state index contributed by atoms with van der Waals surface area (Å²) in [6.45, 7) is 1.60. The molecule has 0 bridgehead atoms. The number of rotatable bonds is 3. The molecule has 0 N–H and O–H groups in total. The van der Waals surface area contributed by atoms with E-state index in [0.717, 1.165) is 28.2 Å². The molecule has 0 aliphatic carbocycles. The lowest BCUT2D eigenvalue weighted by atomic mass is 9.99. The summed E-state index contributed by atoms with van der Waals surface area (Å²) in [6.07, 6.45) is 0. The van der Waals surface area contributed by atoms with Gasteiger partial charge in [-0.05, 0) is 38.4 Å². The molecule has 2 heterocycles. The lowest BCUT2D eigenvalue weighted by Crippen LogP contribution is -2.42. The van der Waals surface area contributed by atoms with E-state index < -0.39 is 0 Å². The van der Waals surface area contributed by atoms with Crippen molar-refractivity contribution < 1.29 is 4.39 Å². The van der Waals surface area contributed by atoms with Crippen LogP contribution in [0.1, 0.15) is 11.1 Å². The third kappa shape index (κ3) is 3.50. The molecule has 0 atom stereocenters. The molecule has 0 amide bonds. The summed E-state index contributed by atoms with van der Waals surface area (Å²) >= 11 is 6.42. The van der Waals surface area contributed by atoms with Crippen LogP contribution in [0.4, 0.5) is 10.1 Å². The quantitative estimate of drug-likeness (QED) is 0.814. The molecule has 0 saturated carbocycles. The van der Waals surface area contributed by atoms with Gasteiger partial charge < -0.3 is 9.80 Å². The molecule has 0 radical (unpaired) electrons. The van der Waals surface area contributed by atoms with Crippen molar-refractivity contribution in [2.75, 3.05) is 38.6 Å². The predicted octanol–water partition coefficient (Wildman–Crippen LogP) is 3.47. The van der Waals surface area contributed by atoms with Crippen molar-refractivity contribution in [3.05, 3.63) is 64.4 Å². The Labute approximate surface area is 162 Å². The normalized spacial score (nSPS) is 16.2. The highest BCUT2D eigenvalue weighted by Crippen LogP contribution is 2.31. The summed E-state index contributed by atoms with van der Waals surface area (Å²) < 4.78 is 14.1. The Bertz CT molecular complexity index is 980. The van der Waals surface area contributed by atoms with E-state index in [9.17, 15) is 4.39 Å². The number of amidine groups is 1. The molecule has 0 unspecified atom stereocenters. The predicted molar refractivity (Wildman–Crippen MR) is 109 cm³/mol. The molecule has 4 rings (SSSR count). The van der Waals surface area contributed by atoms with Gasteiger partial charge in [0.1, 0.15) is 5.82 Å². The number of benzene rings is 2. The van der Waals surface area contributed by atoms with Crippen LogP contribution in [0.3, 0.4) is 0 Å². The zero-order valence-electron chi connectivity index (χ0n) is 15.2. The van der Waals surface area contributed by atoms with E-state index in [-0.39, 0.29) is 5.82 Å². The van der Waals surface area contributed by atoms with Crippen LogP contribution in [0.15, 0.2) is 57.7 Å². The highest BCUT2D eigenvalue weighted by atomic mass is 35.5. The van der Waals surface area contributed by atoms with Crippen LogP contribution in [-0.4, -0.2) is 55.9 Å². The zero-order chi connectivity index (χ0) is 19.0. The minimum absolute atomic E-state index is 0.301. The minimum atomic E-state index is -0.301. The van der Waals surface area contributed by atoms with E-state index >= 15 is 0 Å². The highest BCUT2D eigenvalue weighted by molar-refractivity contribution is 6.36. The highest BCUT2D eigenvalue weighted by Gasteiger charge is 2.28. The van der Waals surface area contributed by atoms with Gasteiger partial charge in [-0.25, -0.2) is 4.39 Å². The smallest absolute Gasteiger partial charge is 0.154 e. The molecular formula is C20H19ClFN5. The van der Waals surface area contributed by atoms with Crippen LogP contribution in [-0.2, 0) is 0 Å². The van der Waals surface area contributed by atoms with Crippen LogP contribution >= 0.6 is 11.6 Å². The van der Waals surface area contributed by atoms with E-state index in [0.29, 0.717) is 30.5 Å². The van der Waals surface area contributed by atoms with Gasteiger partial charge >= 0.3 is 0 Å². The van der Waals surface area contributed by atoms with Crippen LogP contribution in [0.2, 0.25) is 5.02 Å². The fourth-order valence-corrected chi connectivity index (χ4v) is 3.55. The summed E-state index contributed by atoms with van der Waals surface area (Å²) in [5, 5.41) is 9.31. The molecule has 2 aliphatic rings. The summed E-state index contributed by atoms with van der Waals surface area (Å²) in [5.41, 5.74) is 4.04. The Morgan fingerprint density at radius 3 is 2.70 bits per heavy atom. The van der Waals surface area contributed by atoms with Gasteiger partial charge in [0.2, 0.25) is 0 Å². The molecule has 7 heteroatoms. The lowest BCUT2D eigenvalue weighted by Gasteiger charge is -2.29. The van der Waals surface area contributed by atoms with Crippen LogP contribution in [0.5, 0.6) is 0 Å². The van der Waals surface area contributed by atoms with Crippen molar-refractivity contribution >= 4 is 34.5 Å². The van der Waals surface area contributed by atoms with E-state index in [1.165, 1.54) is 12.1 Å². The second-order valence-electron chi connectivity index (χ2n) is 6.81. The molecule has 0 spiro atoms. The topological polar surface area (TPSA) is 43.6 Å². The maximum absolute atomic E-state index is 14.1. The number of halogens is 2. The summed E-state index contributed by atoms with van der Waals surface area (Å²) in [5.74, 6) is 0.400. The van der Waals surface area contributed by atoms with Crippen molar-refractivity contribution in [2.24, 2.45) is 15.2 Å². The third-order valence-corrected chi connectivity index (χ3v) is 4.80. The van der Waals surface area contributed by atoms with Crippen molar-refractivity contribution in [3.63, 3.8) is 0 Å². The second-order valence-corrected chi connectivity index (χ2v) is 7.22. The Morgan fingerprint density at radius 1 is 1.11 bits per heavy atom. The summed E-state index contributed by atoms with van der Waals surface area (Å²) in [6, 6.07) is 12.3. The fraction of sp³-hybridized carbons (Fsp3) is 0.250. The molecule has 0 saturated heterocycles. The zero-order valence-corrected chi connectivity index (χ0v) is 15.9. The van der Waals surface area contributed by atoms with E-state index in [1.54, 1.807) is 6.07 Å². The van der Waals surface area contributed by atoms with Crippen LogP contribution in [0, 0.1) is 5.82 Å². The van der Waals surface area contributed by atoms with E-state index in [4.69, 9.17) is 16.6 Å². The Hall–Kier alpha value is -2.57. The van der Waals surface area contributed by atoms with Gasteiger partial charge in [0.05, 0.1) is 30.2 Å². The molecule has 2 aromatic carbocycles. The van der Waals surface area contributed by atoms with Gasteiger partial charge in [0, 0.05) is 22.7 Å². The van der Waals surface area contributed by atoms with Crippen LogP contribution in [0.25, 0.3) is 0 Å². The third-order valence-electron chi connectivity index (χ3n) is 4.47. The van der Waals surface area contributed by atoms with Crippen LogP contribution < -0.4 is 4.90 Å². The van der Waals surface area contributed by atoms with Gasteiger partial charge in [0.25, 0.3) is 0 Å². The van der Waals surface area contributed by atoms with Gasteiger partial charge in [-0.3, -0.25) is 4.99 Å². The molecule has 0 aromatic heterocycles. The van der Waals surface area contributed by atoms with E-state index in [1.807, 2.05) is 48.2 Å². The SMILES string of the molecule is CN(C)CC1=NN=C2CN=C(c3ccccc3Cl)c3ccc(F)cc3N2C1. The molecule has 27 heavy (non-hydrogen) atoms. The first-order valence-electron chi connectivity index (χ1n) is 8.67. The average Bonchev–Trinajstić information content (AvgIpc) is 2.78. The standard InChI is InChI=1S/C20H19ClFN5/c1-26(2)11-14-12-27-18-9-13(22)7-8-16(18)20(23-10-19(27)25-24-14)15-5-3-4-6-17(15)21/h3-9H,10-12H2,1-2H3. The largest absolute Gasteiger partial charge is 0.320 e. The van der Waals surface area contributed by atoms with Crippen molar-refractivity contribution in [2.45, 2.75) is 0 Å². The Kier molecular flexibility index (Phi) is 4.76. The first-order chi connectivity index (χ1) is 13.0. The summed E-state index contributed by atoms with van der Waals surface area (Å²) in [7, 11) is 3.97. The second kappa shape index (κ2) is 7.21. The van der Waals surface area contributed by atoms with Crippen molar-refractivity contribution in [3.8, 4) is 0 Å². The first kappa shape index (κ1) is 17.8. The molecule has 0 fully saturated rings. The van der Waals surface area contributed by atoms with Gasteiger partial charge in [-0.2, -0.15) is 5.10 Å². The lowest BCUT2D eigenvalue weighted by molar-refractivity contribution is 0.467. The Balaban J connectivity index is 1.83. The molecular weight excluding hydrogens is 365 g/mol. The number of hydrogen-bond donors (Lipinski definition) is 0.